The van der Waals surface area contributed by atoms with Crippen LogP contribution in [0.25, 0.3) is 10.8 Å². The van der Waals surface area contributed by atoms with Gasteiger partial charge >= 0.3 is 0 Å². The smallest absolute Gasteiger partial charge is 0.247 e. The lowest BCUT2D eigenvalue weighted by Gasteiger charge is -2.37. The molecule has 7 aromatic carbocycles. The van der Waals surface area contributed by atoms with Crippen LogP contribution in [0, 0.1) is 0 Å². The molecule has 202 valence electrons. The van der Waals surface area contributed by atoms with Crippen molar-refractivity contribution in [2.24, 2.45) is 0 Å². The minimum absolute atomic E-state index is 0.140. The number of nitrogens with zero attached hydrogens (tertiary/aromatic N) is 2. The van der Waals surface area contributed by atoms with Crippen LogP contribution < -0.4 is 26.2 Å². The average Bonchev–Trinajstić information content (AvgIpc) is 3.08. The van der Waals surface area contributed by atoms with Gasteiger partial charge in [-0.15, -0.1) is 0 Å². The topological polar surface area (TPSA) is 6.48 Å². The van der Waals surface area contributed by atoms with Crippen molar-refractivity contribution in [2.75, 3.05) is 9.80 Å². The van der Waals surface area contributed by atoms with Crippen molar-refractivity contribution >= 4 is 68.0 Å². The molecular formula is C40H29BN2. The summed E-state index contributed by atoms with van der Waals surface area (Å²) in [6, 6.07) is 63.3. The van der Waals surface area contributed by atoms with Crippen molar-refractivity contribution in [3.63, 3.8) is 0 Å². The van der Waals surface area contributed by atoms with Gasteiger partial charge in [-0.3, -0.25) is 0 Å². The molecule has 43 heavy (non-hydrogen) atoms. The van der Waals surface area contributed by atoms with Crippen LogP contribution in [0.2, 0.25) is 0 Å². The van der Waals surface area contributed by atoms with Crippen LogP contribution in [0.3, 0.4) is 0 Å². The molecule has 0 amide bonds. The monoisotopic (exact) mass is 548 g/mol. The van der Waals surface area contributed by atoms with Gasteiger partial charge in [-0.05, 0) is 82.4 Å². The van der Waals surface area contributed by atoms with Crippen LogP contribution in [0.5, 0.6) is 0 Å². The van der Waals surface area contributed by atoms with Gasteiger partial charge in [0, 0.05) is 34.1 Å². The van der Waals surface area contributed by atoms with E-state index in [1.165, 1.54) is 38.5 Å². The highest BCUT2D eigenvalue weighted by atomic mass is 15.2. The number of anilines is 6. The molecule has 0 spiro atoms. The highest BCUT2D eigenvalue weighted by Crippen LogP contribution is 2.39. The Morgan fingerprint density at radius 2 is 0.837 bits per heavy atom. The summed E-state index contributed by atoms with van der Waals surface area (Å²) in [5.41, 5.74) is 10.9. The Morgan fingerprint density at radius 3 is 1.47 bits per heavy atom. The Kier molecular flexibility index (Phi) is 6.27. The van der Waals surface area contributed by atoms with Crippen LogP contribution in [0.4, 0.5) is 34.1 Å². The maximum Gasteiger partial charge on any atom is 0.247 e. The van der Waals surface area contributed by atoms with E-state index < -0.39 is 0 Å². The van der Waals surface area contributed by atoms with E-state index in [0.717, 1.165) is 22.7 Å². The van der Waals surface area contributed by atoms with Crippen LogP contribution in [-0.4, -0.2) is 6.71 Å². The standard InChI is InChI=1S/C40H29BN2/c1-3-16-31(17-4-1)42(32-18-5-2-6-19-32)33-26-28-34(29-27-33)43-39-24-11-9-21-37(39)41(38-22-10-12-25-40(38)43)36-23-13-15-30-14-7-8-20-35(30)36/h1-29H. The molecule has 0 fully saturated rings. The second kappa shape index (κ2) is 10.7. The summed E-state index contributed by atoms with van der Waals surface area (Å²) >= 11 is 0. The van der Waals surface area contributed by atoms with Gasteiger partial charge in [-0.1, -0.05) is 121 Å². The lowest BCUT2D eigenvalue weighted by molar-refractivity contribution is 1.26. The number of benzene rings is 7. The molecule has 7 aromatic rings. The van der Waals surface area contributed by atoms with Gasteiger partial charge in [0.25, 0.3) is 0 Å². The Balaban J connectivity index is 1.26. The van der Waals surface area contributed by atoms with Gasteiger partial charge in [0.2, 0.25) is 6.71 Å². The fourth-order valence-electron chi connectivity index (χ4n) is 6.64. The van der Waals surface area contributed by atoms with Crippen molar-refractivity contribution in [3.05, 3.63) is 176 Å². The molecule has 0 unspecified atom stereocenters. The maximum atomic E-state index is 2.42. The van der Waals surface area contributed by atoms with Gasteiger partial charge in [0.05, 0.1) is 0 Å². The van der Waals surface area contributed by atoms with Crippen LogP contribution in [0.1, 0.15) is 0 Å². The predicted molar refractivity (Wildman–Crippen MR) is 184 cm³/mol. The molecule has 1 aliphatic heterocycles. The van der Waals surface area contributed by atoms with Crippen molar-refractivity contribution in [1.82, 2.24) is 0 Å². The molecule has 0 aromatic heterocycles. The molecule has 0 bridgehead atoms. The number of para-hydroxylation sites is 4. The van der Waals surface area contributed by atoms with Crippen molar-refractivity contribution < 1.29 is 0 Å². The largest absolute Gasteiger partial charge is 0.312 e. The summed E-state index contributed by atoms with van der Waals surface area (Å²) in [6.07, 6.45) is 0. The first-order valence-corrected chi connectivity index (χ1v) is 14.8. The number of hydrogen-bond acceptors (Lipinski definition) is 2. The normalized spacial score (nSPS) is 12.1. The summed E-state index contributed by atoms with van der Waals surface area (Å²) in [5, 5.41) is 2.58. The van der Waals surface area contributed by atoms with Crippen LogP contribution in [-0.2, 0) is 0 Å². The van der Waals surface area contributed by atoms with E-state index in [1.807, 2.05) is 0 Å². The third-order valence-electron chi connectivity index (χ3n) is 8.51. The molecule has 1 heterocycles. The zero-order valence-electron chi connectivity index (χ0n) is 23.7. The summed E-state index contributed by atoms with van der Waals surface area (Å²) in [5.74, 6) is 0. The van der Waals surface area contributed by atoms with Crippen molar-refractivity contribution in [3.8, 4) is 0 Å². The molecule has 0 radical (unpaired) electrons. The first-order valence-electron chi connectivity index (χ1n) is 14.8. The van der Waals surface area contributed by atoms with E-state index in [0.29, 0.717) is 0 Å². The fourth-order valence-corrected chi connectivity index (χ4v) is 6.64. The molecular weight excluding hydrogens is 519 g/mol. The molecule has 3 heteroatoms. The van der Waals surface area contributed by atoms with E-state index in [2.05, 4.69) is 186 Å². The van der Waals surface area contributed by atoms with Gasteiger partial charge in [0.1, 0.15) is 0 Å². The van der Waals surface area contributed by atoms with E-state index in [1.54, 1.807) is 0 Å². The molecule has 0 saturated heterocycles. The van der Waals surface area contributed by atoms with Gasteiger partial charge in [0.15, 0.2) is 0 Å². The maximum absolute atomic E-state index is 2.42. The molecule has 0 saturated carbocycles. The highest BCUT2D eigenvalue weighted by Gasteiger charge is 2.35. The zero-order chi connectivity index (χ0) is 28.6. The summed E-state index contributed by atoms with van der Waals surface area (Å²) in [6.45, 7) is 0.140. The Bertz CT molecular complexity index is 1950. The predicted octanol–water partition coefficient (Wildman–Crippen LogP) is 8.61. The molecule has 8 rings (SSSR count). The second-order valence-corrected chi connectivity index (χ2v) is 11.0. The lowest BCUT2D eigenvalue weighted by Crippen LogP contribution is -2.57. The van der Waals surface area contributed by atoms with Gasteiger partial charge < -0.3 is 9.80 Å². The van der Waals surface area contributed by atoms with Crippen molar-refractivity contribution in [1.29, 1.82) is 0 Å². The van der Waals surface area contributed by atoms with E-state index in [9.17, 15) is 0 Å². The SMILES string of the molecule is c1ccc(N(c2ccccc2)c2ccc(N3c4ccccc4B(c4cccc5ccccc45)c4ccccc43)cc2)cc1. The Morgan fingerprint density at radius 1 is 0.372 bits per heavy atom. The number of hydrogen-bond donors (Lipinski definition) is 0. The lowest BCUT2D eigenvalue weighted by atomic mass is 9.34. The quantitative estimate of drug-likeness (QED) is 0.199. The van der Waals surface area contributed by atoms with Crippen molar-refractivity contribution in [2.45, 2.75) is 0 Å². The summed E-state index contributed by atoms with van der Waals surface area (Å²) in [4.78, 5) is 4.73. The molecule has 0 N–H and O–H groups in total. The van der Waals surface area contributed by atoms with Gasteiger partial charge in [-0.2, -0.15) is 0 Å². The summed E-state index contributed by atoms with van der Waals surface area (Å²) < 4.78 is 0. The molecule has 1 aliphatic rings. The molecule has 0 atom stereocenters. The number of fused-ring (bicyclic) bond motifs is 3. The van der Waals surface area contributed by atoms with Crippen LogP contribution >= 0.6 is 0 Å². The van der Waals surface area contributed by atoms with E-state index >= 15 is 0 Å². The van der Waals surface area contributed by atoms with E-state index in [4.69, 9.17) is 0 Å². The Labute approximate surface area is 253 Å². The van der Waals surface area contributed by atoms with Gasteiger partial charge in [-0.25, -0.2) is 0 Å². The first kappa shape index (κ1) is 25.2. The average molecular weight is 548 g/mol. The van der Waals surface area contributed by atoms with Crippen LogP contribution in [0.15, 0.2) is 176 Å². The third-order valence-corrected chi connectivity index (χ3v) is 8.51. The second-order valence-electron chi connectivity index (χ2n) is 11.0. The third kappa shape index (κ3) is 4.38. The highest BCUT2D eigenvalue weighted by molar-refractivity contribution is 6.99. The zero-order valence-corrected chi connectivity index (χ0v) is 23.7. The fraction of sp³-hybridized carbons (Fsp3) is 0. The Hall–Kier alpha value is -5.54. The molecule has 0 aliphatic carbocycles. The number of rotatable bonds is 5. The minimum atomic E-state index is 0.140. The molecule has 2 nitrogen and oxygen atoms in total. The first-order chi connectivity index (χ1) is 21.4. The minimum Gasteiger partial charge on any atom is -0.312 e. The summed E-state index contributed by atoms with van der Waals surface area (Å²) in [7, 11) is 0. The van der Waals surface area contributed by atoms with E-state index in [-0.39, 0.29) is 6.71 Å².